The molecule has 1 aromatic heterocycles. The van der Waals surface area contributed by atoms with E-state index in [4.69, 9.17) is 14.2 Å². The number of hydrogen-bond acceptors (Lipinski definition) is 7. The van der Waals surface area contributed by atoms with Crippen LogP contribution in [0.4, 0.5) is 5.69 Å². The second kappa shape index (κ2) is 10.8. The molecule has 0 fully saturated rings. The summed E-state index contributed by atoms with van der Waals surface area (Å²) in [5, 5.41) is 12.0. The first kappa shape index (κ1) is 24.1. The van der Waals surface area contributed by atoms with Gasteiger partial charge in [0.25, 0.3) is 11.5 Å². The third-order valence-corrected chi connectivity index (χ3v) is 4.80. The van der Waals surface area contributed by atoms with Crippen molar-refractivity contribution in [1.29, 1.82) is 5.26 Å². The van der Waals surface area contributed by atoms with Crippen molar-refractivity contribution >= 4 is 17.6 Å². The maximum absolute atomic E-state index is 12.5. The normalized spacial score (nSPS) is 10.2. The van der Waals surface area contributed by atoms with Crippen LogP contribution in [-0.2, 0) is 9.53 Å². The second-order valence-corrected chi connectivity index (χ2v) is 7.15. The van der Waals surface area contributed by atoms with Crippen LogP contribution >= 0.6 is 0 Å². The van der Waals surface area contributed by atoms with E-state index in [0.29, 0.717) is 40.6 Å². The molecule has 0 bridgehead atoms. The van der Waals surface area contributed by atoms with Gasteiger partial charge in [-0.05, 0) is 49.7 Å². The number of rotatable bonds is 8. The minimum Gasteiger partial charge on any atom is -0.490 e. The van der Waals surface area contributed by atoms with E-state index >= 15 is 0 Å². The Morgan fingerprint density at radius 1 is 1.09 bits per heavy atom. The van der Waals surface area contributed by atoms with Crippen LogP contribution in [0.3, 0.4) is 0 Å². The van der Waals surface area contributed by atoms with Gasteiger partial charge >= 0.3 is 5.97 Å². The van der Waals surface area contributed by atoms with Crippen LogP contribution in [0, 0.1) is 18.3 Å². The first-order chi connectivity index (χ1) is 16.4. The SMILES string of the molecule is CCOc1cc(-c2cc(C)[nH]c(=O)c2C#N)ccc1OCC(=O)Nc1ccccc1C(=O)OC. The van der Waals surface area contributed by atoms with Crippen molar-refractivity contribution in [3.05, 3.63) is 75.7 Å². The predicted molar refractivity (Wildman–Crippen MR) is 125 cm³/mol. The number of aromatic amines is 1. The van der Waals surface area contributed by atoms with Gasteiger partial charge in [0.05, 0.1) is 25.0 Å². The topological polar surface area (TPSA) is 131 Å². The number of hydrogen-bond donors (Lipinski definition) is 2. The van der Waals surface area contributed by atoms with Gasteiger partial charge in [0.2, 0.25) is 0 Å². The maximum atomic E-state index is 12.5. The predicted octanol–water partition coefficient (Wildman–Crippen LogP) is 3.42. The number of H-pyrrole nitrogens is 1. The molecule has 9 heteroatoms. The monoisotopic (exact) mass is 461 g/mol. The smallest absolute Gasteiger partial charge is 0.339 e. The first-order valence-electron chi connectivity index (χ1n) is 10.4. The van der Waals surface area contributed by atoms with Crippen LogP contribution in [-0.4, -0.2) is 37.2 Å². The quantitative estimate of drug-likeness (QED) is 0.492. The van der Waals surface area contributed by atoms with Crippen molar-refractivity contribution < 1.29 is 23.8 Å². The van der Waals surface area contributed by atoms with Gasteiger partial charge in [0.1, 0.15) is 11.6 Å². The number of ether oxygens (including phenoxy) is 3. The highest BCUT2D eigenvalue weighted by molar-refractivity contribution is 6.01. The number of esters is 1. The van der Waals surface area contributed by atoms with E-state index in [9.17, 15) is 19.6 Å². The number of para-hydroxylation sites is 1. The number of pyridine rings is 1. The molecule has 0 radical (unpaired) electrons. The Morgan fingerprint density at radius 2 is 1.85 bits per heavy atom. The molecule has 0 saturated carbocycles. The van der Waals surface area contributed by atoms with E-state index in [-0.39, 0.29) is 17.7 Å². The van der Waals surface area contributed by atoms with Crippen LogP contribution in [0.15, 0.2) is 53.3 Å². The number of methoxy groups -OCH3 is 1. The lowest BCUT2D eigenvalue weighted by Crippen LogP contribution is -2.22. The molecule has 34 heavy (non-hydrogen) atoms. The van der Waals surface area contributed by atoms with Gasteiger partial charge in [-0.25, -0.2) is 4.79 Å². The Labute approximate surface area is 195 Å². The molecular weight excluding hydrogens is 438 g/mol. The number of carbonyl (C=O) groups excluding carboxylic acids is 2. The van der Waals surface area contributed by atoms with Gasteiger partial charge in [-0.3, -0.25) is 9.59 Å². The number of benzene rings is 2. The minimum atomic E-state index is -0.572. The Balaban J connectivity index is 1.82. The summed E-state index contributed by atoms with van der Waals surface area (Å²) < 4.78 is 16.1. The molecule has 1 heterocycles. The summed E-state index contributed by atoms with van der Waals surface area (Å²) in [6.07, 6.45) is 0. The first-order valence-corrected chi connectivity index (χ1v) is 10.4. The van der Waals surface area contributed by atoms with Crippen LogP contribution in [0.1, 0.15) is 28.5 Å². The van der Waals surface area contributed by atoms with Gasteiger partial charge in [-0.1, -0.05) is 18.2 Å². The van der Waals surface area contributed by atoms with E-state index in [1.54, 1.807) is 62.4 Å². The number of amides is 1. The molecule has 0 spiro atoms. The molecule has 9 nitrogen and oxygen atoms in total. The van der Waals surface area contributed by atoms with E-state index in [2.05, 4.69) is 10.3 Å². The fraction of sp³-hybridized carbons (Fsp3) is 0.200. The lowest BCUT2D eigenvalue weighted by Gasteiger charge is -2.15. The molecule has 2 N–H and O–H groups in total. The van der Waals surface area contributed by atoms with Crippen LogP contribution < -0.4 is 20.3 Å². The van der Waals surface area contributed by atoms with Crippen molar-refractivity contribution in [2.24, 2.45) is 0 Å². The van der Waals surface area contributed by atoms with Gasteiger partial charge in [0, 0.05) is 11.3 Å². The Morgan fingerprint density at radius 3 is 2.56 bits per heavy atom. The molecule has 2 aromatic carbocycles. The summed E-state index contributed by atoms with van der Waals surface area (Å²) in [5.41, 5.74) is 1.72. The standard InChI is InChI=1S/C25H23N3O6/c1-4-33-22-12-16(18-11-15(2)27-24(30)19(18)13-26)9-10-21(22)34-14-23(29)28-20-8-6-5-7-17(20)25(31)32-3/h5-12H,4,14H2,1-3H3,(H,27,30)(H,28,29). The lowest BCUT2D eigenvalue weighted by atomic mass is 10.0. The largest absolute Gasteiger partial charge is 0.490 e. The molecular formula is C25H23N3O6. The molecule has 0 unspecified atom stereocenters. The molecule has 3 rings (SSSR count). The second-order valence-electron chi connectivity index (χ2n) is 7.15. The summed E-state index contributed by atoms with van der Waals surface area (Å²) in [5.74, 6) is -0.399. The molecule has 0 aliphatic heterocycles. The minimum absolute atomic E-state index is 0.00892. The summed E-state index contributed by atoms with van der Waals surface area (Å²) in [6.45, 7) is 3.51. The van der Waals surface area contributed by atoms with Crippen molar-refractivity contribution in [2.75, 3.05) is 25.6 Å². The number of nitriles is 1. The maximum Gasteiger partial charge on any atom is 0.339 e. The van der Waals surface area contributed by atoms with Gasteiger partial charge in [-0.2, -0.15) is 5.26 Å². The molecule has 3 aromatic rings. The fourth-order valence-corrected chi connectivity index (χ4v) is 3.30. The van der Waals surface area contributed by atoms with Gasteiger partial charge in [0.15, 0.2) is 18.1 Å². The lowest BCUT2D eigenvalue weighted by molar-refractivity contribution is -0.118. The molecule has 0 aliphatic carbocycles. The summed E-state index contributed by atoms with van der Waals surface area (Å²) >= 11 is 0. The molecule has 174 valence electrons. The number of aryl methyl sites for hydroxylation is 1. The average Bonchev–Trinajstić information content (AvgIpc) is 2.83. The van der Waals surface area contributed by atoms with Gasteiger partial charge in [-0.15, -0.1) is 0 Å². The highest BCUT2D eigenvalue weighted by Gasteiger charge is 2.16. The summed E-state index contributed by atoms with van der Waals surface area (Å²) in [4.78, 5) is 39.1. The van der Waals surface area contributed by atoms with Crippen molar-refractivity contribution in [2.45, 2.75) is 13.8 Å². The summed E-state index contributed by atoms with van der Waals surface area (Å²) in [6, 6.07) is 15.0. The van der Waals surface area contributed by atoms with Crippen LogP contribution in [0.25, 0.3) is 11.1 Å². The average molecular weight is 461 g/mol. The highest BCUT2D eigenvalue weighted by atomic mass is 16.5. The molecule has 0 atom stereocenters. The highest BCUT2D eigenvalue weighted by Crippen LogP contribution is 2.33. The Bertz CT molecular complexity index is 1320. The van der Waals surface area contributed by atoms with Crippen molar-refractivity contribution in [3.63, 3.8) is 0 Å². The number of nitrogens with one attached hydrogen (secondary N) is 2. The fourth-order valence-electron chi connectivity index (χ4n) is 3.30. The number of carbonyl (C=O) groups is 2. The summed E-state index contributed by atoms with van der Waals surface area (Å²) in [7, 11) is 1.26. The van der Waals surface area contributed by atoms with E-state index < -0.39 is 17.4 Å². The van der Waals surface area contributed by atoms with Gasteiger partial charge < -0.3 is 24.5 Å². The molecule has 0 saturated heterocycles. The number of anilines is 1. The zero-order valence-corrected chi connectivity index (χ0v) is 18.9. The molecule has 1 amide bonds. The molecule has 0 aliphatic rings. The Hall–Kier alpha value is -4.58. The zero-order valence-electron chi connectivity index (χ0n) is 18.9. The van der Waals surface area contributed by atoms with Crippen molar-refractivity contribution in [3.8, 4) is 28.7 Å². The van der Waals surface area contributed by atoms with Crippen molar-refractivity contribution in [1.82, 2.24) is 4.98 Å². The third kappa shape index (κ3) is 5.42. The van der Waals surface area contributed by atoms with E-state index in [1.807, 2.05) is 6.07 Å². The number of nitrogens with zero attached hydrogens (tertiary/aromatic N) is 1. The van der Waals surface area contributed by atoms with Crippen LogP contribution in [0.5, 0.6) is 11.5 Å². The van der Waals surface area contributed by atoms with Crippen LogP contribution in [0.2, 0.25) is 0 Å². The zero-order chi connectivity index (χ0) is 24.7. The van der Waals surface area contributed by atoms with E-state index in [0.717, 1.165) is 0 Å². The number of aromatic nitrogens is 1. The van der Waals surface area contributed by atoms with E-state index in [1.165, 1.54) is 7.11 Å². The Kier molecular flexibility index (Phi) is 7.67. The third-order valence-electron chi connectivity index (χ3n) is 4.80.